The Kier molecular flexibility index (Phi) is 4.17. The second kappa shape index (κ2) is 5.02. The quantitative estimate of drug-likeness (QED) is 0.479. The Morgan fingerprint density at radius 3 is 2.21 bits per heavy atom. The normalized spacial score (nSPS) is 12.3. The number of alkyl halides is 3. The summed E-state index contributed by atoms with van der Waals surface area (Å²) in [6.07, 6.45) is -5.21. The summed E-state index contributed by atoms with van der Waals surface area (Å²) in [6, 6.07) is 1.00. The van der Waals surface area contributed by atoms with E-state index in [0.29, 0.717) is 12.1 Å². The minimum absolute atomic E-state index is 0.437. The third-order valence-corrected chi connectivity index (χ3v) is 3.56. The van der Waals surface area contributed by atoms with Crippen LogP contribution in [0.5, 0.6) is 5.75 Å². The molecule has 0 heterocycles. The first-order valence-electron chi connectivity index (χ1n) is 4.11. The van der Waals surface area contributed by atoms with E-state index in [1.165, 1.54) is 0 Å². The summed E-state index contributed by atoms with van der Waals surface area (Å²) in [4.78, 5) is 8.12. The van der Waals surface area contributed by atoms with Gasteiger partial charge in [0.05, 0.1) is 4.92 Å². The number of nitro benzene ring substituents is 1. The van der Waals surface area contributed by atoms with E-state index in [2.05, 4.69) is 4.74 Å². The highest BCUT2D eigenvalue weighted by Crippen LogP contribution is 2.41. The first-order chi connectivity index (χ1) is 8.43. The van der Waals surface area contributed by atoms with E-state index in [1.54, 1.807) is 0 Å². The summed E-state index contributed by atoms with van der Waals surface area (Å²) in [5.74, 6) is -1.25. The topological polar surface area (TPSA) is 86.5 Å². The van der Waals surface area contributed by atoms with Crippen LogP contribution in [0.2, 0.25) is 5.02 Å². The van der Waals surface area contributed by atoms with Gasteiger partial charge in [-0.15, -0.1) is 13.2 Å². The zero-order valence-corrected chi connectivity index (χ0v) is 10.8. The molecule has 0 atom stereocenters. The first kappa shape index (κ1) is 15.8. The molecule has 0 N–H and O–H groups in total. The van der Waals surface area contributed by atoms with Crippen LogP contribution >= 0.6 is 22.3 Å². The van der Waals surface area contributed by atoms with Gasteiger partial charge in [-0.3, -0.25) is 10.1 Å². The van der Waals surface area contributed by atoms with E-state index in [9.17, 15) is 31.7 Å². The number of hydrogen-bond acceptors (Lipinski definition) is 5. The summed E-state index contributed by atoms with van der Waals surface area (Å²) >= 11 is 5.37. The van der Waals surface area contributed by atoms with Gasteiger partial charge in [0, 0.05) is 16.7 Å². The predicted molar refractivity (Wildman–Crippen MR) is 57.8 cm³/mol. The molecule has 0 saturated heterocycles. The second-order valence-electron chi connectivity index (χ2n) is 2.97. The SMILES string of the molecule is O=[N+]([O-])c1ccc(OC(F)(F)F)c(S(=O)(=O)Cl)c1Cl. The molecule has 12 heteroatoms. The van der Waals surface area contributed by atoms with Crippen molar-refractivity contribution in [2.75, 3.05) is 0 Å². The van der Waals surface area contributed by atoms with Gasteiger partial charge in [0.15, 0.2) is 10.6 Å². The van der Waals surface area contributed by atoms with E-state index in [0.717, 1.165) is 0 Å². The van der Waals surface area contributed by atoms with Crippen molar-refractivity contribution < 1.29 is 31.2 Å². The molecule has 0 aliphatic heterocycles. The van der Waals surface area contributed by atoms with Crippen LogP contribution in [0.1, 0.15) is 0 Å². The molecule has 0 bridgehead atoms. The molecule has 1 aromatic carbocycles. The molecular weight excluding hydrogens is 338 g/mol. The van der Waals surface area contributed by atoms with Gasteiger partial charge < -0.3 is 4.74 Å². The Morgan fingerprint density at radius 1 is 1.32 bits per heavy atom. The van der Waals surface area contributed by atoms with Gasteiger partial charge in [-0.1, -0.05) is 11.6 Å². The van der Waals surface area contributed by atoms with Crippen molar-refractivity contribution in [3.8, 4) is 5.75 Å². The van der Waals surface area contributed by atoms with Crippen molar-refractivity contribution in [3.63, 3.8) is 0 Å². The smallest absolute Gasteiger partial charge is 0.404 e. The molecule has 0 unspecified atom stereocenters. The van der Waals surface area contributed by atoms with E-state index >= 15 is 0 Å². The maximum atomic E-state index is 12.1. The summed E-state index contributed by atoms with van der Waals surface area (Å²) in [5, 5.41) is 9.45. The van der Waals surface area contributed by atoms with Crippen LogP contribution in [0.25, 0.3) is 0 Å². The summed E-state index contributed by atoms with van der Waals surface area (Å²) in [6.45, 7) is 0. The van der Waals surface area contributed by atoms with Crippen LogP contribution in [0.15, 0.2) is 17.0 Å². The molecule has 19 heavy (non-hydrogen) atoms. The van der Waals surface area contributed by atoms with Crippen molar-refractivity contribution in [1.29, 1.82) is 0 Å². The lowest BCUT2D eigenvalue weighted by Gasteiger charge is -2.12. The van der Waals surface area contributed by atoms with Crippen LogP contribution in [0, 0.1) is 10.1 Å². The van der Waals surface area contributed by atoms with Gasteiger partial charge in [0.25, 0.3) is 14.7 Å². The zero-order chi connectivity index (χ0) is 15.0. The van der Waals surface area contributed by atoms with Gasteiger partial charge in [-0.25, -0.2) is 8.42 Å². The number of nitrogens with zero attached hydrogens (tertiary/aromatic N) is 1. The molecule has 0 radical (unpaired) electrons. The lowest BCUT2D eigenvalue weighted by molar-refractivity contribution is -0.385. The monoisotopic (exact) mass is 339 g/mol. The molecule has 106 valence electrons. The molecule has 1 aromatic rings. The Balaban J connectivity index is 3.59. The molecule has 1 rings (SSSR count). The molecule has 6 nitrogen and oxygen atoms in total. The fourth-order valence-corrected chi connectivity index (χ4v) is 2.88. The first-order valence-corrected chi connectivity index (χ1v) is 6.79. The number of benzene rings is 1. The molecule has 0 fully saturated rings. The highest BCUT2D eigenvalue weighted by atomic mass is 35.7. The van der Waals surface area contributed by atoms with E-state index in [4.69, 9.17) is 22.3 Å². The average molecular weight is 340 g/mol. The van der Waals surface area contributed by atoms with Crippen molar-refractivity contribution in [3.05, 3.63) is 27.3 Å². The van der Waals surface area contributed by atoms with Crippen molar-refractivity contribution >= 4 is 37.0 Å². The average Bonchev–Trinajstić information content (AvgIpc) is 2.11. The van der Waals surface area contributed by atoms with Crippen molar-refractivity contribution in [2.45, 2.75) is 11.3 Å². The van der Waals surface area contributed by atoms with E-state index < -0.39 is 41.7 Å². The van der Waals surface area contributed by atoms with Crippen molar-refractivity contribution in [1.82, 2.24) is 0 Å². The highest BCUT2D eigenvalue weighted by molar-refractivity contribution is 8.14. The fourth-order valence-electron chi connectivity index (χ4n) is 1.10. The zero-order valence-electron chi connectivity index (χ0n) is 8.44. The lowest BCUT2D eigenvalue weighted by Crippen LogP contribution is -2.18. The number of nitro groups is 1. The molecular formula is C7H2Cl2F3NO5S. The molecule has 0 spiro atoms. The van der Waals surface area contributed by atoms with Crippen LogP contribution in [0.3, 0.4) is 0 Å². The Bertz CT molecular complexity index is 630. The second-order valence-corrected chi connectivity index (χ2v) is 5.85. The lowest BCUT2D eigenvalue weighted by atomic mass is 10.3. The number of hydrogen-bond donors (Lipinski definition) is 0. The summed E-state index contributed by atoms with van der Waals surface area (Å²) in [5.41, 5.74) is -0.921. The van der Waals surface area contributed by atoms with Crippen LogP contribution in [0.4, 0.5) is 18.9 Å². The van der Waals surface area contributed by atoms with Gasteiger partial charge >= 0.3 is 6.36 Å². The Morgan fingerprint density at radius 2 is 1.84 bits per heavy atom. The largest absolute Gasteiger partial charge is 0.573 e. The van der Waals surface area contributed by atoms with Crippen molar-refractivity contribution in [2.24, 2.45) is 0 Å². The van der Waals surface area contributed by atoms with Crippen LogP contribution in [-0.2, 0) is 9.05 Å². The molecule has 0 amide bonds. The van der Waals surface area contributed by atoms with Crippen LogP contribution in [-0.4, -0.2) is 19.7 Å². The van der Waals surface area contributed by atoms with E-state index in [1.807, 2.05) is 0 Å². The standard InChI is InChI=1S/C7H2Cl2F3NO5S/c8-5-3(13(14)15)1-2-4(18-7(10,11)12)6(5)19(9,16)17/h1-2H. The van der Waals surface area contributed by atoms with Gasteiger partial charge in [-0.2, -0.15) is 0 Å². The number of halogens is 5. The third-order valence-electron chi connectivity index (χ3n) is 1.71. The highest BCUT2D eigenvalue weighted by Gasteiger charge is 2.36. The predicted octanol–water partition coefficient (Wildman–Crippen LogP) is 3.07. The third kappa shape index (κ3) is 3.85. The number of ether oxygens (including phenoxy) is 1. The van der Waals surface area contributed by atoms with Gasteiger partial charge in [0.1, 0.15) is 5.02 Å². The minimum Gasteiger partial charge on any atom is -0.404 e. The Labute approximate surface area is 113 Å². The Hall–Kier alpha value is -1.26. The molecule has 0 saturated carbocycles. The summed E-state index contributed by atoms with van der Waals surface area (Å²) in [7, 11) is 0.111. The molecule has 0 aliphatic rings. The maximum absolute atomic E-state index is 12.1. The summed E-state index contributed by atoms with van der Waals surface area (Å²) < 4.78 is 61.9. The van der Waals surface area contributed by atoms with Crippen LogP contribution < -0.4 is 4.74 Å². The molecule has 0 aliphatic carbocycles. The number of rotatable bonds is 3. The fraction of sp³-hybridized carbons (Fsp3) is 0.143. The minimum atomic E-state index is -5.21. The maximum Gasteiger partial charge on any atom is 0.573 e. The van der Waals surface area contributed by atoms with Gasteiger partial charge in [0.2, 0.25) is 0 Å². The molecule has 0 aromatic heterocycles. The van der Waals surface area contributed by atoms with E-state index in [-0.39, 0.29) is 0 Å². The van der Waals surface area contributed by atoms with Gasteiger partial charge in [-0.05, 0) is 6.07 Å².